The van der Waals surface area contributed by atoms with Crippen molar-refractivity contribution in [1.29, 1.82) is 0 Å². The Morgan fingerprint density at radius 2 is 1.68 bits per heavy atom. The summed E-state index contributed by atoms with van der Waals surface area (Å²) >= 11 is 0. The van der Waals surface area contributed by atoms with E-state index in [1.54, 1.807) is 0 Å². The maximum Gasteiger partial charge on any atom is 0.345 e. The van der Waals surface area contributed by atoms with Gasteiger partial charge in [0.2, 0.25) is 5.88 Å². The van der Waals surface area contributed by atoms with E-state index >= 15 is 0 Å². The summed E-state index contributed by atoms with van der Waals surface area (Å²) < 4.78 is 29.5. The molecule has 152 valence electrons. The van der Waals surface area contributed by atoms with Crippen molar-refractivity contribution in [2.75, 3.05) is 54.5 Å². The van der Waals surface area contributed by atoms with Crippen molar-refractivity contribution >= 4 is 5.97 Å². The smallest absolute Gasteiger partial charge is 0.345 e. The van der Waals surface area contributed by atoms with Gasteiger partial charge in [-0.15, -0.1) is 0 Å². The van der Waals surface area contributed by atoms with Crippen molar-refractivity contribution in [3.8, 4) is 17.6 Å². The zero-order valence-electron chi connectivity index (χ0n) is 16.5. The number of benzene rings is 1. The second kappa shape index (κ2) is 10.5. The first-order chi connectivity index (χ1) is 13.3. The molecule has 0 amide bonds. The molecule has 0 saturated carbocycles. The van der Waals surface area contributed by atoms with E-state index in [4.69, 9.17) is 14.2 Å². The number of halogens is 1. The summed E-state index contributed by atoms with van der Waals surface area (Å²) in [4.78, 5) is 24.5. The first-order valence-corrected chi connectivity index (χ1v) is 8.75. The van der Waals surface area contributed by atoms with E-state index in [1.165, 1.54) is 30.5 Å². The van der Waals surface area contributed by atoms with Gasteiger partial charge in [-0.3, -0.25) is 0 Å². The van der Waals surface area contributed by atoms with Gasteiger partial charge in [0.25, 0.3) is 0 Å². The number of carbonyl (C=O) groups is 1. The third-order valence-electron chi connectivity index (χ3n) is 3.52. The van der Waals surface area contributed by atoms with Crippen molar-refractivity contribution in [3.05, 3.63) is 41.8 Å². The molecule has 0 bridgehead atoms. The van der Waals surface area contributed by atoms with E-state index in [1.807, 2.05) is 38.0 Å². The van der Waals surface area contributed by atoms with Crippen molar-refractivity contribution in [3.63, 3.8) is 0 Å². The Labute approximate surface area is 163 Å². The molecule has 1 heterocycles. The van der Waals surface area contributed by atoms with Crippen molar-refractivity contribution in [2.24, 2.45) is 0 Å². The predicted molar refractivity (Wildman–Crippen MR) is 101 cm³/mol. The molecule has 8 nitrogen and oxygen atoms in total. The molecule has 9 heteroatoms. The van der Waals surface area contributed by atoms with E-state index in [-0.39, 0.29) is 24.1 Å². The molecule has 0 radical (unpaired) electrons. The molecule has 0 saturated heterocycles. The van der Waals surface area contributed by atoms with Crippen LogP contribution in [0.15, 0.2) is 30.5 Å². The SMILES string of the molecule is CN(C)CCOC(=O)c1cnc(OCCN(C)C)nc1Oc1ccc(F)cc1. The number of esters is 1. The van der Waals surface area contributed by atoms with Gasteiger partial charge < -0.3 is 24.0 Å². The summed E-state index contributed by atoms with van der Waals surface area (Å²) in [7, 11) is 7.58. The van der Waals surface area contributed by atoms with Crippen LogP contribution in [0.1, 0.15) is 10.4 Å². The number of rotatable bonds is 10. The van der Waals surface area contributed by atoms with Crippen molar-refractivity contribution in [2.45, 2.75) is 0 Å². The van der Waals surface area contributed by atoms with Gasteiger partial charge in [0.1, 0.15) is 30.3 Å². The van der Waals surface area contributed by atoms with Crippen LogP contribution in [-0.4, -0.2) is 80.2 Å². The average molecular weight is 392 g/mol. The molecule has 1 aromatic carbocycles. The maximum atomic E-state index is 13.1. The Morgan fingerprint density at radius 3 is 2.32 bits per heavy atom. The molecule has 0 unspecified atom stereocenters. The van der Waals surface area contributed by atoms with Gasteiger partial charge in [0.15, 0.2) is 0 Å². The van der Waals surface area contributed by atoms with Gasteiger partial charge in [-0.25, -0.2) is 14.2 Å². The molecule has 0 aliphatic rings. The molecule has 0 N–H and O–H groups in total. The van der Waals surface area contributed by atoms with Crippen LogP contribution in [-0.2, 0) is 4.74 Å². The molecule has 0 spiro atoms. The van der Waals surface area contributed by atoms with Crippen LogP contribution in [0, 0.1) is 5.82 Å². The zero-order chi connectivity index (χ0) is 20.5. The van der Waals surface area contributed by atoms with Gasteiger partial charge in [-0.1, -0.05) is 0 Å². The lowest BCUT2D eigenvalue weighted by atomic mass is 10.3. The monoisotopic (exact) mass is 392 g/mol. The standard InChI is InChI=1S/C19H25FN4O4/c1-23(2)9-11-26-18(25)16-13-21-19(27-12-10-24(3)4)22-17(16)28-15-7-5-14(20)6-8-15/h5-8,13H,9-12H2,1-4H3. The first-order valence-electron chi connectivity index (χ1n) is 8.75. The number of nitrogens with zero attached hydrogens (tertiary/aromatic N) is 4. The van der Waals surface area contributed by atoms with Crippen molar-refractivity contribution < 1.29 is 23.4 Å². The molecular weight excluding hydrogens is 367 g/mol. The zero-order valence-corrected chi connectivity index (χ0v) is 16.5. The van der Waals surface area contributed by atoms with Crippen LogP contribution in [0.4, 0.5) is 4.39 Å². The fourth-order valence-electron chi connectivity index (χ4n) is 1.97. The summed E-state index contributed by atoms with van der Waals surface area (Å²) in [6.45, 7) is 1.83. The minimum atomic E-state index is -0.612. The van der Waals surface area contributed by atoms with E-state index < -0.39 is 11.8 Å². The average Bonchev–Trinajstić information content (AvgIpc) is 2.63. The van der Waals surface area contributed by atoms with Crippen LogP contribution in [0.3, 0.4) is 0 Å². The second-order valence-electron chi connectivity index (χ2n) is 6.52. The molecule has 2 aromatic rings. The molecule has 1 aromatic heterocycles. The molecular formula is C19H25FN4O4. The Hall–Kier alpha value is -2.78. The molecule has 0 aliphatic carbocycles. The molecule has 28 heavy (non-hydrogen) atoms. The van der Waals surface area contributed by atoms with Crippen LogP contribution < -0.4 is 9.47 Å². The van der Waals surface area contributed by atoms with E-state index in [2.05, 4.69) is 9.97 Å². The van der Waals surface area contributed by atoms with Crippen LogP contribution >= 0.6 is 0 Å². The number of hydrogen-bond donors (Lipinski definition) is 0. The highest BCUT2D eigenvalue weighted by Gasteiger charge is 2.19. The number of hydrogen-bond acceptors (Lipinski definition) is 8. The number of aromatic nitrogens is 2. The lowest BCUT2D eigenvalue weighted by Gasteiger charge is -2.13. The van der Waals surface area contributed by atoms with Crippen molar-refractivity contribution in [1.82, 2.24) is 19.8 Å². The molecule has 0 fully saturated rings. The van der Waals surface area contributed by atoms with E-state index in [0.717, 1.165) is 0 Å². The number of carbonyl (C=O) groups excluding carboxylic acids is 1. The lowest BCUT2D eigenvalue weighted by Crippen LogP contribution is -2.21. The Bertz CT molecular complexity index is 769. The number of ether oxygens (including phenoxy) is 3. The van der Waals surface area contributed by atoms with Crippen LogP contribution in [0.25, 0.3) is 0 Å². The first kappa shape index (κ1) is 21.5. The highest BCUT2D eigenvalue weighted by molar-refractivity contribution is 5.91. The third kappa shape index (κ3) is 7.09. The summed E-state index contributed by atoms with van der Waals surface area (Å²) in [5.74, 6) is -0.706. The van der Waals surface area contributed by atoms with Gasteiger partial charge in [0.05, 0.1) is 6.20 Å². The normalized spacial score (nSPS) is 11.0. The summed E-state index contributed by atoms with van der Waals surface area (Å²) in [6, 6.07) is 5.44. The Morgan fingerprint density at radius 1 is 1.04 bits per heavy atom. The highest BCUT2D eigenvalue weighted by Crippen LogP contribution is 2.25. The van der Waals surface area contributed by atoms with Crippen LogP contribution in [0.2, 0.25) is 0 Å². The van der Waals surface area contributed by atoms with Gasteiger partial charge in [-0.05, 0) is 52.5 Å². The van der Waals surface area contributed by atoms with Crippen LogP contribution in [0.5, 0.6) is 17.6 Å². The minimum absolute atomic E-state index is 0.0173. The van der Waals surface area contributed by atoms with E-state index in [0.29, 0.717) is 25.4 Å². The fraction of sp³-hybridized carbons (Fsp3) is 0.421. The Balaban J connectivity index is 2.18. The summed E-state index contributed by atoms with van der Waals surface area (Å²) in [5, 5.41) is 0. The molecule has 0 atom stereocenters. The molecule has 0 aliphatic heterocycles. The Kier molecular flexibility index (Phi) is 8.09. The maximum absolute atomic E-state index is 13.1. The van der Waals surface area contributed by atoms with Gasteiger partial charge >= 0.3 is 12.0 Å². The highest BCUT2D eigenvalue weighted by atomic mass is 19.1. The lowest BCUT2D eigenvalue weighted by molar-refractivity contribution is 0.0477. The second-order valence-corrected chi connectivity index (χ2v) is 6.52. The fourth-order valence-corrected chi connectivity index (χ4v) is 1.97. The number of likely N-dealkylation sites (N-methyl/N-ethyl adjacent to an activating group) is 2. The van der Waals surface area contributed by atoms with Gasteiger partial charge in [-0.2, -0.15) is 4.98 Å². The quantitative estimate of drug-likeness (QED) is 0.569. The molecule has 2 rings (SSSR count). The predicted octanol–water partition coefficient (Wildman–Crippen LogP) is 2.07. The van der Waals surface area contributed by atoms with Gasteiger partial charge in [0, 0.05) is 13.1 Å². The third-order valence-corrected chi connectivity index (χ3v) is 3.52. The van der Waals surface area contributed by atoms with E-state index in [9.17, 15) is 9.18 Å². The summed E-state index contributed by atoms with van der Waals surface area (Å²) in [6.07, 6.45) is 1.30. The largest absolute Gasteiger partial charge is 0.462 e. The minimum Gasteiger partial charge on any atom is -0.462 e. The topological polar surface area (TPSA) is 77.0 Å². The summed E-state index contributed by atoms with van der Waals surface area (Å²) in [5.41, 5.74) is 0.0584.